The van der Waals surface area contributed by atoms with Crippen LogP contribution in [0.4, 0.5) is 5.69 Å². The highest BCUT2D eigenvalue weighted by Crippen LogP contribution is 2.20. The van der Waals surface area contributed by atoms with Gasteiger partial charge in [0.1, 0.15) is 0 Å². The molecule has 0 saturated heterocycles. The van der Waals surface area contributed by atoms with E-state index in [-0.39, 0.29) is 30.7 Å². The maximum atomic E-state index is 12.0. The Morgan fingerprint density at radius 1 is 1.18 bits per heavy atom. The van der Waals surface area contributed by atoms with Gasteiger partial charge in [-0.15, -0.1) is 11.6 Å². The van der Waals surface area contributed by atoms with Crippen molar-refractivity contribution in [3.05, 3.63) is 29.8 Å². The van der Waals surface area contributed by atoms with Crippen LogP contribution in [-0.4, -0.2) is 35.3 Å². The summed E-state index contributed by atoms with van der Waals surface area (Å²) in [6.07, 6.45) is -0.132. The Hall–Kier alpha value is -2.08. The summed E-state index contributed by atoms with van der Waals surface area (Å²) >= 11 is 5.74. The van der Waals surface area contributed by atoms with Crippen LogP contribution in [0.2, 0.25) is 0 Å². The van der Waals surface area contributed by atoms with Crippen molar-refractivity contribution >= 4 is 35.1 Å². The third-order valence-corrected chi connectivity index (χ3v) is 3.65. The molecule has 0 aromatic heterocycles. The predicted molar refractivity (Wildman–Crippen MR) is 84.2 cm³/mol. The number of rotatable bonds is 7. The Balaban J connectivity index is 2.61. The second-order valence-electron chi connectivity index (χ2n) is 5.45. The van der Waals surface area contributed by atoms with E-state index in [9.17, 15) is 14.4 Å². The maximum absolute atomic E-state index is 12.0. The zero-order valence-corrected chi connectivity index (χ0v) is 13.2. The molecule has 0 bridgehead atoms. The number of benzene rings is 1. The summed E-state index contributed by atoms with van der Waals surface area (Å²) in [5.41, 5.74) is 0.263. The Morgan fingerprint density at radius 3 is 2.27 bits per heavy atom. The molecule has 3 N–H and O–H groups in total. The number of alkyl halides is 1. The summed E-state index contributed by atoms with van der Waals surface area (Å²) in [7, 11) is 0. The third-order valence-electron chi connectivity index (χ3n) is 2.98. The Bertz CT molecular complexity index is 555. The SMILES string of the molecule is CC(C)(CCl)C(=O)Nc1ccc(C(=O)NCCC(=O)O)cc1. The number of amides is 2. The van der Waals surface area contributed by atoms with E-state index in [1.165, 1.54) is 0 Å². The first kappa shape index (κ1) is 18.0. The molecule has 120 valence electrons. The van der Waals surface area contributed by atoms with E-state index >= 15 is 0 Å². The van der Waals surface area contributed by atoms with Gasteiger partial charge in [0, 0.05) is 23.7 Å². The number of carboxylic acids is 1. The molecule has 0 spiro atoms. The number of carbonyl (C=O) groups excluding carboxylic acids is 2. The van der Waals surface area contributed by atoms with Gasteiger partial charge < -0.3 is 15.7 Å². The minimum absolute atomic E-state index is 0.0660. The molecule has 7 heteroatoms. The number of hydrogen-bond donors (Lipinski definition) is 3. The molecule has 2 amide bonds. The first-order valence-corrected chi connectivity index (χ1v) is 7.27. The highest BCUT2D eigenvalue weighted by molar-refractivity contribution is 6.20. The van der Waals surface area contributed by atoms with Crippen molar-refractivity contribution in [2.45, 2.75) is 20.3 Å². The van der Waals surface area contributed by atoms with Crippen LogP contribution in [0.1, 0.15) is 30.6 Å². The van der Waals surface area contributed by atoms with Crippen LogP contribution >= 0.6 is 11.6 Å². The van der Waals surface area contributed by atoms with E-state index in [1.807, 2.05) is 0 Å². The third kappa shape index (κ3) is 5.37. The van der Waals surface area contributed by atoms with Gasteiger partial charge in [0.15, 0.2) is 0 Å². The molecule has 0 atom stereocenters. The summed E-state index contributed by atoms with van der Waals surface area (Å²) in [5.74, 6) is -1.34. The van der Waals surface area contributed by atoms with Gasteiger partial charge in [-0.05, 0) is 38.1 Å². The van der Waals surface area contributed by atoms with E-state index in [4.69, 9.17) is 16.7 Å². The van der Waals surface area contributed by atoms with Gasteiger partial charge in [-0.25, -0.2) is 0 Å². The van der Waals surface area contributed by atoms with Crippen molar-refractivity contribution in [2.75, 3.05) is 17.7 Å². The zero-order valence-electron chi connectivity index (χ0n) is 12.5. The molecular formula is C15H19ClN2O4. The van der Waals surface area contributed by atoms with Crippen molar-refractivity contribution in [3.63, 3.8) is 0 Å². The second-order valence-corrected chi connectivity index (χ2v) is 5.72. The van der Waals surface area contributed by atoms with E-state index < -0.39 is 11.4 Å². The summed E-state index contributed by atoms with van der Waals surface area (Å²) in [5, 5.41) is 13.7. The number of carboxylic acid groups (broad SMARTS) is 1. The molecular weight excluding hydrogens is 308 g/mol. The summed E-state index contributed by atoms with van der Waals surface area (Å²) in [6.45, 7) is 3.54. The van der Waals surface area contributed by atoms with Gasteiger partial charge in [-0.3, -0.25) is 14.4 Å². The number of nitrogens with one attached hydrogen (secondary N) is 2. The van der Waals surface area contributed by atoms with Crippen LogP contribution in [-0.2, 0) is 9.59 Å². The Morgan fingerprint density at radius 2 is 1.77 bits per heavy atom. The lowest BCUT2D eigenvalue weighted by molar-refractivity contribution is -0.136. The highest BCUT2D eigenvalue weighted by Gasteiger charge is 2.26. The minimum Gasteiger partial charge on any atom is -0.481 e. The van der Waals surface area contributed by atoms with Gasteiger partial charge in [-0.1, -0.05) is 0 Å². The summed E-state index contributed by atoms with van der Waals surface area (Å²) in [4.78, 5) is 34.1. The largest absolute Gasteiger partial charge is 0.481 e. The molecule has 0 fully saturated rings. The highest BCUT2D eigenvalue weighted by atomic mass is 35.5. The molecule has 1 rings (SSSR count). The average Bonchev–Trinajstić information content (AvgIpc) is 2.47. The fourth-order valence-electron chi connectivity index (χ4n) is 1.45. The number of hydrogen-bond acceptors (Lipinski definition) is 3. The van der Waals surface area contributed by atoms with Crippen LogP contribution < -0.4 is 10.6 Å². The van der Waals surface area contributed by atoms with Crippen LogP contribution in [0.3, 0.4) is 0 Å². The smallest absolute Gasteiger partial charge is 0.305 e. The first-order valence-electron chi connectivity index (χ1n) is 6.74. The van der Waals surface area contributed by atoms with Crippen molar-refractivity contribution in [1.29, 1.82) is 0 Å². The normalized spacial score (nSPS) is 10.9. The average molecular weight is 327 g/mol. The zero-order chi connectivity index (χ0) is 16.8. The van der Waals surface area contributed by atoms with Crippen LogP contribution in [0.25, 0.3) is 0 Å². The van der Waals surface area contributed by atoms with E-state index in [1.54, 1.807) is 38.1 Å². The quantitative estimate of drug-likeness (QED) is 0.669. The van der Waals surface area contributed by atoms with Crippen molar-refractivity contribution in [2.24, 2.45) is 5.41 Å². The summed E-state index contributed by atoms with van der Waals surface area (Å²) in [6, 6.07) is 6.32. The van der Waals surface area contributed by atoms with Crippen molar-refractivity contribution < 1.29 is 19.5 Å². The van der Waals surface area contributed by atoms with Gasteiger partial charge in [0.05, 0.1) is 11.8 Å². The first-order chi connectivity index (χ1) is 10.3. The Kier molecular flexibility index (Phi) is 6.37. The Labute approximate surface area is 133 Å². The monoisotopic (exact) mass is 326 g/mol. The van der Waals surface area contributed by atoms with Gasteiger partial charge in [0.2, 0.25) is 5.91 Å². The number of aliphatic carboxylic acids is 1. The molecule has 0 unspecified atom stereocenters. The summed E-state index contributed by atoms with van der Waals surface area (Å²) < 4.78 is 0. The molecule has 6 nitrogen and oxygen atoms in total. The predicted octanol–water partition coefficient (Wildman–Crippen LogP) is 2.09. The van der Waals surface area contributed by atoms with Crippen LogP contribution in [0.5, 0.6) is 0 Å². The maximum Gasteiger partial charge on any atom is 0.305 e. The molecule has 1 aromatic rings. The lowest BCUT2D eigenvalue weighted by Gasteiger charge is -2.20. The fraction of sp³-hybridized carbons (Fsp3) is 0.400. The van der Waals surface area contributed by atoms with E-state index in [0.717, 1.165) is 0 Å². The van der Waals surface area contributed by atoms with Crippen molar-refractivity contribution in [1.82, 2.24) is 5.32 Å². The van der Waals surface area contributed by atoms with Crippen LogP contribution in [0.15, 0.2) is 24.3 Å². The number of carbonyl (C=O) groups is 3. The topological polar surface area (TPSA) is 95.5 Å². The molecule has 0 aliphatic rings. The molecule has 0 radical (unpaired) electrons. The second kappa shape index (κ2) is 7.79. The minimum atomic E-state index is -0.972. The van der Waals surface area contributed by atoms with Crippen LogP contribution in [0, 0.1) is 5.41 Å². The van der Waals surface area contributed by atoms with Gasteiger partial charge >= 0.3 is 5.97 Å². The van der Waals surface area contributed by atoms with E-state index in [2.05, 4.69) is 10.6 Å². The van der Waals surface area contributed by atoms with Gasteiger partial charge in [0.25, 0.3) is 5.91 Å². The number of halogens is 1. The standard InChI is InChI=1S/C15H19ClN2O4/c1-15(2,9-16)14(22)18-11-5-3-10(4-6-11)13(21)17-8-7-12(19)20/h3-6H,7-9H2,1-2H3,(H,17,21)(H,18,22)(H,19,20). The molecule has 0 aliphatic carbocycles. The van der Waals surface area contributed by atoms with Gasteiger partial charge in [-0.2, -0.15) is 0 Å². The fourth-order valence-corrected chi connectivity index (χ4v) is 1.57. The lowest BCUT2D eigenvalue weighted by atomic mass is 9.95. The molecule has 0 aliphatic heterocycles. The lowest BCUT2D eigenvalue weighted by Crippen LogP contribution is -2.32. The molecule has 0 heterocycles. The molecule has 22 heavy (non-hydrogen) atoms. The molecule has 1 aromatic carbocycles. The van der Waals surface area contributed by atoms with E-state index in [0.29, 0.717) is 11.3 Å². The molecule has 0 saturated carbocycles. The number of anilines is 1. The van der Waals surface area contributed by atoms with Crippen molar-refractivity contribution in [3.8, 4) is 0 Å².